The van der Waals surface area contributed by atoms with E-state index in [9.17, 15) is 9.59 Å². The molecule has 1 aliphatic heterocycles. The lowest BCUT2D eigenvalue weighted by Gasteiger charge is -2.18. The lowest BCUT2D eigenvalue weighted by atomic mass is 10.1. The number of hydrogen-bond donors (Lipinski definition) is 1. The third-order valence-corrected chi connectivity index (χ3v) is 5.72. The Morgan fingerprint density at radius 1 is 1.31 bits per heavy atom. The minimum absolute atomic E-state index is 0.144. The number of carbonyl (C=O) groups is 2. The predicted molar refractivity (Wildman–Crippen MR) is 109 cm³/mol. The van der Waals surface area contributed by atoms with E-state index in [2.05, 4.69) is 21.5 Å². The molecule has 1 atom stereocenters. The van der Waals surface area contributed by atoms with Gasteiger partial charge in [0.2, 0.25) is 5.91 Å². The van der Waals surface area contributed by atoms with Crippen LogP contribution in [0.2, 0.25) is 0 Å². The van der Waals surface area contributed by atoms with Crippen molar-refractivity contribution < 1.29 is 9.59 Å². The van der Waals surface area contributed by atoms with Crippen LogP contribution in [-0.2, 0) is 11.3 Å². The van der Waals surface area contributed by atoms with Gasteiger partial charge in [0, 0.05) is 29.7 Å². The van der Waals surface area contributed by atoms with Gasteiger partial charge in [0.15, 0.2) is 0 Å². The van der Waals surface area contributed by atoms with Crippen LogP contribution in [0.1, 0.15) is 15.9 Å². The molecule has 1 N–H and O–H groups in total. The van der Waals surface area contributed by atoms with Gasteiger partial charge < -0.3 is 10.2 Å². The van der Waals surface area contributed by atoms with E-state index in [1.165, 1.54) is 16.7 Å². The minimum Gasteiger partial charge on any atom is -0.343 e. The van der Waals surface area contributed by atoms with Crippen LogP contribution in [-0.4, -0.2) is 55.7 Å². The fourth-order valence-electron chi connectivity index (χ4n) is 3.22. The van der Waals surface area contributed by atoms with Crippen molar-refractivity contribution in [3.63, 3.8) is 0 Å². The maximum absolute atomic E-state index is 12.8. The maximum atomic E-state index is 12.8. The number of hydrogen-bond acceptors (Lipinski definition) is 6. The van der Waals surface area contributed by atoms with Gasteiger partial charge in [-0.05, 0) is 29.8 Å². The average Bonchev–Trinajstić information content (AvgIpc) is 3.43. The zero-order valence-corrected chi connectivity index (χ0v) is 16.3. The predicted octanol–water partition coefficient (Wildman–Crippen LogP) is 1.63. The molecule has 0 spiro atoms. The van der Waals surface area contributed by atoms with E-state index in [4.69, 9.17) is 5.26 Å². The van der Waals surface area contributed by atoms with E-state index in [1.54, 1.807) is 23.1 Å². The third-order valence-electron chi connectivity index (χ3n) is 4.71. The van der Waals surface area contributed by atoms with Crippen LogP contribution in [0.4, 0.5) is 0 Å². The standard InChI is InChI=1S/C20H18N6O2S/c21-9-15-12-29-13-26(15)19(27)10-23-20(28)16-4-6-22-18-3-2-14(8-17(16)18)11-25-7-1-5-24-25/h1-8,15H,10-13H2,(H,23,28)/t15-/m1/s1. The van der Waals surface area contributed by atoms with Gasteiger partial charge in [-0.2, -0.15) is 10.4 Å². The van der Waals surface area contributed by atoms with Gasteiger partial charge in [0.25, 0.3) is 5.91 Å². The maximum Gasteiger partial charge on any atom is 0.252 e. The van der Waals surface area contributed by atoms with Crippen molar-refractivity contribution in [2.24, 2.45) is 0 Å². The van der Waals surface area contributed by atoms with E-state index >= 15 is 0 Å². The molecule has 0 aliphatic carbocycles. The Bertz CT molecular complexity index is 1090. The Kier molecular flexibility index (Phi) is 5.44. The Hall–Kier alpha value is -3.38. The van der Waals surface area contributed by atoms with Crippen LogP contribution < -0.4 is 5.32 Å². The second-order valence-electron chi connectivity index (χ2n) is 6.60. The lowest BCUT2D eigenvalue weighted by Crippen LogP contribution is -2.42. The summed E-state index contributed by atoms with van der Waals surface area (Å²) < 4.78 is 1.80. The van der Waals surface area contributed by atoms with Crippen molar-refractivity contribution >= 4 is 34.5 Å². The summed E-state index contributed by atoms with van der Waals surface area (Å²) in [4.78, 5) is 31.0. The fraction of sp³-hybridized carbons (Fsp3) is 0.250. The van der Waals surface area contributed by atoms with E-state index in [-0.39, 0.29) is 18.4 Å². The molecule has 8 nitrogen and oxygen atoms in total. The van der Waals surface area contributed by atoms with Gasteiger partial charge in [-0.15, -0.1) is 11.8 Å². The monoisotopic (exact) mass is 406 g/mol. The molecule has 1 saturated heterocycles. The van der Waals surface area contributed by atoms with E-state index in [0.29, 0.717) is 34.6 Å². The van der Waals surface area contributed by atoms with E-state index in [0.717, 1.165) is 5.56 Å². The van der Waals surface area contributed by atoms with E-state index in [1.807, 2.05) is 30.5 Å². The van der Waals surface area contributed by atoms with Crippen LogP contribution in [0.15, 0.2) is 48.9 Å². The fourth-order valence-corrected chi connectivity index (χ4v) is 4.32. The first-order valence-corrected chi connectivity index (χ1v) is 10.2. The molecule has 4 rings (SSSR count). The molecule has 2 amide bonds. The van der Waals surface area contributed by atoms with Gasteiger partial charge in [-0.1, -0.05) is 6.07 Å². The molecule has 29 heavy (non-hydrogen) atoms. The van der Waals surface area contributed by atoms with E-state index < -0.39 is 6.04 Å². The molecule has 146 valence electrons. The summed E-state index contributed by atoms with van der Waals surface area (Å²) in [6, 6.07) is 10.9. The normalized spacial score (nSPS) is 16.0. The second-order valence-corrected chi connectivity index (χ2v) is 7.60. The van der Waals surface area contributed by atoms with Gasteiger partial charge in [0.1, 0.15) is 6.04 Å². The third kappa shape index (κ3) is 4.07. The number of thioether (sulfide) groups is 1. The highest BCUT2D eigenvalue weighted by Gasteiger charge is 2.29. The molecular weight excluding hydrogens is 388 g/mol. The molecule has 1 aliphatic rings. The van der Waals surface area contributed by atoms with Crippen molar-refractivity contribution in [2.45, 2.75) is 12.6 Å². The van der Waals surface area contributed by atoms with Crippen molar-refractivity contribution in [3.05, 3.63) is 60.0 Å². The number of pyridine rings is 1. The first-order valence-electron chi connectivity index (χ1n) is 9.06. The summed E-state index contributed by atoms with van der Waals surface area (Å²) in [6.45, 7) is 0.438. The second kappa shape index (κ2) is 8.32. The number of fused-ring (bicyclic) bond motifs is 1. The summed E-state index contributed by atoms with van der Waals surface area (Å²) in [7, 11) is 0. The molecule has 0 bridgehead atoms. The number of amides is 2. The van der Waals surface area contributed by atoms with Crippen molar-refractivity contribution in [1.82, 2.24) is 25.0 Å². The quantitative estimate of drug-likeness (QED) is 0.691. The molecule has 1 fully saturated rings. The summed E-state index contributed by atoms with van der Waals surface area (Å²) in [5.41, 5.74) is 2.15. The average molecular weight is 406 g/mol. The van der Waals surface area contributed by atoms with Crippen molar-refractivity contribution in [1.29, 1.82) is 5.26 Å². The summed E-state index contributed by atoms with van der Waals surface area (Å²) in [5, 5.41) is 16.7. The topological polar surface area (TPSA) is 104 Å². The Morgan fingerprint density at radius 3 is 3.00 bits per heavy atom. The molecule has 0 unspecified atom stereocenters. The van der Waals surface area contributed by atoms with Crippen LogP contribution >= 0.6 is 11.8 Å². The molecule has 9 heteroatoms. The number of benzene rings is 1. The number of rotatable bonds is 5. The molecule has 0 saturated carbocycles. The van der Waals surface area contributed by atoms with Crippen LogP contribution in [0.5, 0.6) is 0 Å². The number of carbonyl (C=O) groups excluding carboxylic acids is 2. The molecule has 3 heterocycles. The Balaban J connectivity index is 1.51. The number of nitrogens with zero attached hydrogens (tertiary/aromatic N) is 5. The highest BCUT2D eigenvalue weighted by atomic mass is 32.2. The SMILES string of the molecule is N#C[C@@H]1CSCN1C(=O)CNC(=O)c1ccnc2ccc(Cn3cccn3)cc12. The van der Waals surface area contributed by atoms with Crippen LogP contribution in [0.3, 0.4) is 0 Å². The molecular formula is C20H18N6O2S. The van der Waals surface area contributed by atoms with Crippen molar-refractivity contribution in [2.75, 3.05) is 18.2 Å². The smallest absolute Gasteiger partial charge is 0.252 e. The zero-order valence-electron chi connectivity index (χ0n) is 15.5. The highest BCUT2D eigenvalue weighted by Crippen LogP contribution is 2.21. The minimum atomic E-state index is -0.434. The lowest BCUT2D eigenvalue weighted by molar-refractivity contribution is -0.129. The number of nitrogens with one attached hydrogen (secondary N) is 1. The highest BCUT2D eigenvalue weighted by molar-refractivity contribution is 7.99. The summed E-state index contributed by atoms with van der Waals surface area (Å²) >= 11 is 1.53. The van der Waals surface area contributed by atoms with Gasteiger partial charge in [0.05, 0.1) is 36.1 Å². The molecule has 0 radical (unpaired) electrons. The molecule has 2 aromatic heterocycles. The first kappa shape index (κ1) is 19.0. The Morgan fingerprint density at radius 2 is 2.21 bits per heavy atom. The zero-order chi connectivity index (χ0) is 20.2. The number of aromatic nitrogens is 3. The van der Waals surface area contributed by atoms with Crippen LogP contribution in [0, 0.1) is 11.3 Å². The molecule has 3 aromatic rings. The van der Waals surface area contributed by atoms with Gasteiger partial charge in [-0.3, -0.25) is 19.3 Å². The Labute approximate surface area is 171 Å². The largest absolute Gasteiger partial charge is 0.343 e. The molecule has 1 aromatic carbocycles. The van der Waals surface area contributed by atoms with Crippen molar-refractivity contribution in [3.8, 4) is 6.07 Å². The first-order chi connectivity index (χ1) is 14.2. The van der Waals surface area contributed by atoms with Crippen LogP contribution in [0.25, 0.3) is 10.9 Å². The van der Waals surface area contributed by atoms with Gasteiger partial charge >= 0.3 is 0 Å². The number of nitriles is 1. The summed E-state index contributed by atoms with van der Waals surface area (Å²) in [5.74, 6) is 0.474. The van der Waals surface area contributed by atoms with Gasteiger partial charge in [-0.25, -0.2) is 0 Å². The summed E-state index contributed by atoms with van der Waals surface area (Å²) in [6.07, 6.45) is 5.17.